The summed E-state index contributed by atoms with van der Waals surface area (Å²) in [5.74, 6) is -2.09. The molecule has 1 heterocycles. The maximum atomic E-state index is 15.2. The predicted octanol–water partition coefficient (Wildman–Crippen LogP) is 11.0. The number of hydrogen-bond acceptors (Lipinski definition) is 2. The van der Waals surface area contributed by atoms with E-state index in [1.807, 2.05) is 24.3 Å². The molecule has 0 N–H and O–H groups in total. The molecule has 1 aliphatic rings. The van der Waals surface area contributed by atoms with Crippen LogP contribution in [0.15, 0.2) is 54.6 Å². The van der Waals surface area contributed by atoms with E-state index in [2.05, 4.69) is 13.8 Å². The highest BCUT2D eigenvalue weighted by molar-refractivity contribution is 5.71. The predicted molar refractivity (Wildman–Crippen MR) is 162 cm³/mol. The van der Waals surface area contributed by atoms with Gasteiger partial charge in [-0.1, -0.05) is 102 Å². The van der Waals surface area contributed by atoms with Gasteiger partial charge in [-0.3, -0.25) is 0 Å². The Labute approximate surface area is 244 Å². The molecule has 2 atom stereocenters. The van der Waals surface area contributed by atoms with Crippen LogP contribution in [0.2, 0.25) is 0 Å². The minimum Gasteiger partial charge on any atom is -0.490 e. The zero-order valence-electron chi connectivity index (χ0n) is 24.7. The Hall–Kier alpha value is -2.79. The van der Waals surface area contributed by atoms with Gasteiger partial charge >= 0.3 is 0 Å². The first kappa shape index (κ1) is 31.2. The van der Waals surface area contributed by atoms with Crippen LogP contribution in [-0.4, -0.2) is 19.3 Å². The maximum Gasteiger partial charge on any atom is 0.201 e. The number of benzene rings is 3. The van der Waals surface area contributed by atoms with Crippen LogP contribution in [0, 0.1) is 17.5 Å². The second-order valence-corrected chi connectivity index (χ2v) is 11.4. The first-order chi connectivity index (χ1) is 20.0. The average Bonchev–Trinajstić information content (AvgIpc) is 2.99. The highest BCUT2D eigenvalue weighted by Gasteiger charge is 2.25. The second kappa shape index (κ2) is 16.0. The fourth-order valence-electron chi connectivity index (χ4n) is 5.71. The number of rotatable bonds is 15. The molecule has 1 aliphatic heterocycles. The van der Waals surface area contributed by atoms with Crippen molar-refractivity contribution in [3.8, 4) is 28.0 Å². The van der Waals surface area contributed by atoms with Crippen molar-refractivity contribution in [1.82, 2.24) is 0 Å². The second-order valence-electron chi connectivity index (χ2n) is 11.4. The van der Waals surface area contributed by atoms with Gasteiger partial charge in [0.2, 0.25) is 5.82 Å². The summed E-state index contributed by atoms with van der Waals surface area (Å²) in [6, 6.07) is 15.5. The highest BCUT2D eigenvalue weighted by Crippen LogP contribution is 2.35. The SMILES string of the molecule is CCCCCCCCOc1ccc(-c2ccc(-c3ccc(C4CCC(CCCCC)OC4)c(F)c3)cc2)c(F)c1F. The topological polar surface area (TPSA) is 18.5 Å². The molecule has 1 fully saturated rings. The number of unbranched alkanes of at least 4 members (excludes halogenated alkanes) is 7. The van der Waals surface area contributed by atoms with Gasteiger partial charge in [0.15, 0.2) is 11.6 Å². The van der Waals surface area contributed by atoms with E-state index in [1.54, 1.807) is 24.3 Å². The van der Waals surface area contributed by atoms with Gasteiger partial charge in [-0.2, -0.15) is 4.39 Å². The van der Waals surface area contributed by atoms with Crippen molar-refractivity contribution in [2.45, 2.75) is 103 Å². The van der Waals surface area contributed by atoms with Gasteiger partial charge in [-0.25, -0.2) is 8.78 Å². The van der Waals surface area contributed by atoms with E-state index in [4.69, 9.17) is 9.47 Å². The monoisotopic (exact) mass is 566 g/mol. The molecule has 5 heteroatoms. The van der Waals surface area contributed by atoms with Crippen molar-refractivity contribution in [3.63, 3.8) is 0 Å². The molecule has 41 heavy (non-hydrogen) atoms. The molecule has 3 aromatic carbocycles. The van der Waals surface area contributed by atoms with Crippen LogP contribution in [0.5, 0.6) is 5.75 Å². The minimum absolute atomic E-state index is 0.0534. The third-order valence-electron chi connectivity index (χ3n) is 8.27. The van der Waals surface area contributed by atoms with E-state index in [0.717, 1.165) is 49.7 Å². The molecular weight excluding hydrogens is 521 g/mol. The molecule has 2 unspecified atom stereocenters. The third-order valence-corrected chi connectivity index (χ3v) is 8.27. The summed E-state index contributed by atoms with van der Waals surface area (Å²) in [5.41, 5.74) is 2.99. The van der Waals surface area contributed by atoms with Crippen LogP contribution in [-0.2, 0) is 4.74 Å². The zero-order valence-corrected chi connectivity index (χ0v) is 24.7. The molecule has 0 spiro atoms. The third kappa shape index (κ3) is 8.61. The average molecular weight is 567 g/mol. The minimum atomic E-state index is -0.964. The van der Waals surface area contributed by atoms with Crippen LogP contribution >= 0.6 is 0 Å². The molecule has 0 aromatic heterocycles. The van der Waals surface area contributed by atoms with E-state index >= 15 is 4.39 Å². The van der Waals surface area contributed by atoms with Crippen LogP contribution < -0.4 is 4.74 Å². The summed E-state index contributed by atoms with van der Waals surface area (Å²) in [6.07, 6.45) is 13.5. The van der Waals surface area contributed by atoms with E-state index in [0.29, 0.717) is 30.4 Å². The summed E-state index contributed by atoms with van der Waals surface area (Å²) in [7, 11) is 0. The highest BCUT2D eigenvalue weighted by atomic mass is 19.2. The van der Waals surface area contributed by atoms with Gasteiger partial charge in [0.1, 0.15) is 5.82 Å². The molecule has 3 aromatic rings. The van der Waals surface area contributed by atoms with Gasteiger partial charge in [0.05, 0.1) is 19.3 Å². The van der Waals surface area contributed by atoms with Crippen molar-refractivity contribution in [3.05, 3.63) is 77.6 Å². The quantitative estimate of drug-likeness (QED) is 0.170. The van der Waals surface area contributed by atoms with E-state index < -0.39 is 11.6 Å². The summed E-state index contributed by atoms with van der Waals surface area (Å²) >= 11 is 0. The lowest BCUT2D eigenvalue weighted by Crippen LogP contribution is -2.25. The van der Waals surface area contributed by atoms with Gasteiger partial charge < -0.3 is 9.47 Å². The summed E-state index contributed by atoms with van der Waals surface area (Å²) in [4.78, 5) is 0. The Balaban J connectivity index is 1.34. The van der Waals surface area contributed by atoms with Gasteiger partial charge in [0.25, 0.3) is 0 Å². The molecule has 2 nitrogen and oxygen atoms in total. The maximum absolute atomic E-state index is 15.2. The molecule has 1 saturated heterocycles. The summed E-state index contributed by atoms with van der Waals surface area (Å²) in [5, 5.41) is 0. The number of halogens is 3. The molecule has 0 aliphatic carbocycles. The fourth-order valence-corrected chi connectivity index (χ4v) is 5.71. The van der Waals surface area contributed by atoms with Crippen molar-refractivity contribution in [1.29, 1.82) is 0 Å². The summed E-state index contributed by atoms with van der Waals surface area (Å²) in [6.45, 7) is 5.31. The standard InChI is InChI=1S/C36H45F3O2/c1-3-5-7-8-9-11-23-40-34-22-21-32(35(38)36(34)39)27-15-13-26(14-16-27)28-18-20-31(33(37)24-28)29-17-19-30(41-25-29)12-10-6-4-2/h13-16,18,20-22,24,29-30H,3-12,17,19,23,25H2,1-2H3. The van der Waals surface area contributed by atoms with E-state index in [-0.39, 0.29) is 23.0 Å². The van der Waals surface area contributed by atoms with Crippen LogP contribution in [0.1, 0.15) is 102 Å². The molecule has 0 bridgehead atoms. The first-order valence-corrected chi connectivity index (χ1v) is 15.6. The van der Waals surface area contributed by atoms with E-state index in [1.165, 1.54) is 44.6 Å². The number of hydrogen-bond donors (Lipinski definition) is 0. The molecule has 0 amide bonds. The van der Waals surface area contributed by atoms with Crippen LogP contribution in [0.25, 0.3) is 22.3 Å². The molecule has 0 saturated carbocycles. The fraction of sp³-hybridized carbons (Fsp3) is 0.500. The Bertz CT molecular complexity index is 1220. The zero-order chi connectivity index (χ0) is 29.0. The van der Waals surface area contributed by atoms with Crippen LogP contribution in [0.3, 0.4) is 0 Å². The first-order valence-electron chi connectivity index (χ1n) is 15.6. The van der Waals surface area contributed by atoms with Crippen molar-refractivity contribution >= 4 is 0 Å². The Morgan fingerprint density at radius 1 is 0.707 bits per heavy atom. The lowest BCUT2D eigenvalue weighted by Gasteiger charge is -2.29. The Morgan fingerprint density at radius 2 is 1.39 bits per heavy atom. The molecule has 4 rings (SSSR count). The van der Waals surface area contributed by atoms with Gasteiger partial charge in [-0.15, -0.1) is 0 Å². The Kier molecular flexibility index (Phi) is 12.2. The van der Waals surface area contributed by atoms with Gasteiger partial charge in [0, 0.05) is 11.5 Å². The van der Waals surface area contributed by atoms with Crippen molar-refractivity contribution in [2.24, 2.45) is 0 Å². The lowest BCUT2D eigenvalue weighted by atomic mass is 9.88. The van der Waals surface area contributed by atoms with E-state index in [9.17, 15) is 8.78 Å². The van der Waals surface area contributed by atoms with Crippen molar-refractivity contribution in [2.75, 3.05) is 13.2 Å². The molecule has 222 valence electrons. The lowest BCUT2D eigenvalue weighted by molar-refractivity contribution is -0.00267. The summed E-state index contributed by atoms with van der Waals surface area (Å²) < 4.78 is 56.4. The van der Waals surface area contributed by atoms with Crippen LogP contribution in [0.4, 0.5) is 13.2 Å². The number of ether oxygens (including phenoxy) is 2. The molecule has 0 radical (unpaired) electrons. The van der Waals surface area contributed by atoms with Gasteiger partial charge in [-0.05, 0) is 66.1 Å². The normalized spacial score (nSPS) is 17.1. The molecular formula is C36H45F3O2. The largest absolute Gasteiger partial charge is 0.490 e. The Morgan fingerprint density at radius 3 is 2.10 bits per heavy atom. The smallest absolute Gasteiger partial charge is 0.201 e. The van der Waals surface area contributed by atoms with Crippen molar-refractivity contribution < 1.29 is 22.6 Å².